The molecular formula is C12H11Cl2NO3. The zero-order valence-electron chi connectivity index (χ0n) is 9.37. The predicted octanol–water partition coefficient (Wildman–Crippen LogP) is 2.23. The van der Waals surface area contributed by atoms with Gasteiger partial charge in [-0.05, 0) is 17.7 Å². The maximum atomic E-state index is 11.4. The molecule has 1 amide bonds. The highest BCUT2D eigenvalue weighted by atomic mass is 35.5. The molecule has 1 aromatic rings. The number of benzene rings is 1. The third kappa shape index (κ3) is 2.44. The Morgan fingerprint density at radius 3 is 2.61 bits per heavy atom. The fraction of sp³-hybridized carbons (Fsp3) is 0.333. The summed E-state index contributed by atoms with van der Waals surface area (Å²) in [6.07, 6.45) is 0.0287. The molecule has 2 rings (SSSR count). The molecular weight excluding hydrogens is 277 g/mol. The van der Waals surface area contributed by atoms with Crippen LogP contribution in [0.25, 0.3) is 0 Å². The third-order valence-corrected chi connectivity index (χ3v) is 3.88. The first-order valence-electron chi connectivity index (χ1n) is 5.37. The first-order chi connectivity index (χ1) is 8.43. The minimum Gasteiger partial charge on any atom is -0.481 e. The molecule has 0 aliphatic carbocycles. The van der Waals surface area contributed by atoms with Crippen molar-refractivity contribution in [1.82, 2.24) is 5.32 Å². The average molecular weight is 288 g/mol. The van der Waals surface area contributed by atoms with Gasteiger partial charge in [-0.25, -0.2) is 0 Å². The van der Waals surface area contributed by atoms with Crippen molar-refractivity contribution in [2.24, 2.45) is 0 Å². The fourth-order valence-electron chi connectivity index (χ4n) is 2.25. The standard InChI is InChI=1S/C12H11Cl2NO3/c13-8-2-1-7(3-9(8)14)12(5-11(17)18)4-10(16)15-6-12/h1-3H,4-6H2,(H,15,16)(H,17,18). The molecule has 1 heterocycles. The molecule has 0 aromatic heterocycles. The lowest BCUT2D eigenvalue weighted by atomic mass is 9.77. The van der Waals surface area contributed by atoms with Crippen LogP contribution >= 0.6 is 23.2 Å². The molecule has 96 valence electrons. The Balaban J connectivity index is 2.43. The summed E-state index contributed by atoms with van der Waals surface area (Å²) in [5.74, 6) is -1.10. The number of carboxylic acid groups (broad SMARTS) is 1. The highest BCUT2D eigenvalue weighted by Gasteiger charge is 2.42. The van der Waals surface area contributed by atoms with Crippen LogP contribution < -0.4 is 5.32 Å². The van der Waals surface area contributed by atoms with Crippen molar-refractivity contribution in [1.29, 1.82) is 0 Å². The molecule has 0 saturated carbocycles. The summed E-state index contributed by atoms with van der Waals surface area (Å²) in [4.78, 5) is 22.4. The van der Waals surface area contributed by atoms with Crippen LogP contribution in [-0.2, 0) is 15.0 Å². The van der Waals surface area contributed by atoms with Gasteiger partial charge in [-0.15, -0.1) is 0 Å². The molecule has 1 aliphatic heterocycles. The minimum atomic E-state index is -0.947. The van der Waals surface area contributed by atoms with Crippen LogP contribution in [0.4, 0.5) is 0 Å². The topological polar surface area (TPSA) is 66.4 Å². The van der Waals surface area contributed by atoms with Crippen molar-refractivity contribution in [2.45, 2.75) is 18.3 Å². The molecule has 2 N–H and O–H groups in total. The number of amides is 1. The first-order valence-corrected chi connectivity index (χ1v) is 6.13. The fourth-order valence-corrected chi connectivity index (χ4v) is 2.54. The number of aliphatic carboxylic acids is 1. The number of carbonyl (C=O) groups excluding carboxylic acids is 1. The van der Waals surface area contributed by atoms with E-state index in [2.05, 4.69) is 5.32 Å². The quantitative estimate of drug-likeness (QED) is 0.896. The van der Waals surface area contributed by atoms with Crippen molar-refractivity contribution < 1.29 is 14.7 Å². The summed E-state index contributed by atoms with van der Waals surface area (Å²) in [6.45, 7) is 0.302. The molecule has 0 bridgehead atoms. The number of halogens is 2. The number of rotatable bonds is 3. The Kier molecular flexibility index (Phi) is 3.50. The van der Waals surface area contributed by atoms with Crippen LogP contribution in [0, 0.1) is 0 Å². The van der Waals surface area contributed by atoms with E-state index in [-0.39, 0.29) is 18.7 Å². The Morgan fingerprint density at radius 2 is 2.11 bits per heavy atom. The van der Waals surface area contributed by atoms with Gasteiger partial charge < -0.3 is 10.4 Å². The Labute approximate surface area is 114 Å². The van der Waals surface area contributed by atoms with Crippen molar-refractivity contribution in [3.05, 3.63) is 33.8 Å². The Bertz CT molecular complexity index is 518. The van der Waals surface area contributed by atoms with Crippen molar-refractivity contribution in [3.63, 3.8) is 0 Å². The molecule has 0 radical (unpaired) electrons. The maximum Gasteiger partial charge on any atom is 0.304 e. The molecule has 6 heteroatoms. The SMILES string of the molecule is O=C(O)CC1(c2ccc(Cl)c(Cl)c2)CNC(=O)C1. The number of hydrogen-bond donors (Lipinski definition) is 2. The highest BCUT2D eigenvalue weighted by molar-refractivity contribution is 6.42. The highest BCUT2D eigenvalue weighted by Crippen LogP contribution is 2.37. The predicted molar refractivity (Wildman–Crippen MR) is 68.0 cm³/mol. The van der Waals surface area contributed by atoms with E-state index in [1.807, 2.05) is 0 Å². The molecule has 1 unspecified atom stereocenters. The summed E-state index contributed by atoms with van der Waals surface area (Å²) in [5.41, 5.74) is -0.0189. The number of hydrogen-bond acceptors (Lipinski definition) is 2. The van der Waals surface area contributed by atoms with Gasteiger partial charge >= 0.3 is 5.97 Å². The molecule has 4 nitrogen and oxygen atoms in total. The molecule has 1 aromatic carbocycles. The van der Waals surface area contributed by atoms with E-state index in [4.69, 9.17) is 28.3 Å². The molecule has 1 aliphatic rings. The Morgan fingerprint density at radius 1 is 1.39 bits per heavy atom. The van der Waals surface area contributed by atoms with Crippen LogP contribution in [0.2, 0.25) is 10.0 Å². The van der Waals surface area contributed by atoms with Crippen LogP contribution in [0.1, 0.15) is 18.4 Å². The van der Waals surface area contributed by atoms with Gasteiger partial charge in [-0.2, -0.15) is 0 Å². The molecule has 1 fully saturated rings. The van der Waals surface area contributed by atoms with Gasteiger partial charge in [0, 0.05) is 18.4 Å². The monoisotopic (exact) mass is 287 g/mol. The van der Waals surface area contributed by atoms with Gasteiger partial charge in [-0.3, -0.25) is 9.59 Å². The van der Waals surface area contributed by atoms with Gasteiger partial charge in [-0.1, -0.05) is 29.3 Å². The largest absolute Gasteiger partial charge is 0.481 e. The van der Waals surface area contributed by atoms with Crippen molar-refractivity contribution >= 4 is 35.1 Å². The lowest BCUT2D eigenvalue weighted by Gasteiger charge is -2.26. The Hall–Kier alpha value is -1.26. The van der Waals surface area contributed by atoms with Crippen LogP contribution in [0.3, 0.4) is 0 Å². The number of carbonyl (C=O) groups is 2. The second-order valence-corrected chi connectivity index (χ2v) is 5.25. The van der Waals surface area contributed by atoms with E-state index in [0.29, 0.717) is 16.6 Å². The average Bonchev–Trinajstić information content (AvgIpc) is 2.64. The van der Waals surface area contributed by atoms with Gasteiger partial charge in [0.05, 0.1) is 16.5 Å². The maximum absolute atomic E-state index is 11.4. The van der Waals surface area contributed by atoms with E-state index >= 15 is 0 Å². The third-order valence-electron chi connectivity index (χ3n) is 3.14. The van der Waals surface area contributed by atoms with Gasteiger partial charge in [0.15, 0.2) is 0 Å². The van der Waals surface area contributed by atoms with E-state index in [1.54, 1.807) is 18.2 Å². The van der Waals surface area contributed by atoms with E-state index < -0.39 is 11.4 Å². The number of carboxylic acids is 1. The molecule has 18 heavy (non-hydrogen) atoms. The molecule has 0 spiro atoms. The molecule has 1 atom stereocenters. The summed E-state index contributed by atoms with van der Waals surface area (Å²) < 4.78 is 0. The zero-order valence-corrected chi connectivity index (χ0v) is 10.9. The lowest BCUT2D eigenvalue weighted by molar-refractivity contribution is -0.138. The number of nitrogens with one attached hydrogen (secondary N) is 1. The van der Waals surface area contributed by atoms with E-state index in [9.17, 15) is 9.59 Å². The normalized spacial score (nSPS) is 22.9. The summed E-state index contributed by atoms with van der Waals surface area (Å²) in [7, 11) is 0. The van der Waals surface area contributed by atoms with Crippen LogP contribution in [-0.4, -0.2) is 23.5 Å². The summed E-state index contributed by atoms with van der Waals surface area (Å²) in [5, 5.41) is 12.4. The summed E-state index contributed by atoms with van der Waals surface area (Å²) in [6, 6.07) is 4.97. The van der Waals surface area contributed by atoms with Gasteiger partial charge in [0.2, 0.25) is 5.91 Å². The minimum absolute atomic E-state index is 0.121. The van der Waals surface area contributed by atoms with Crippen molar-refractivity contribution in [3.8, 4) is 0 Å². The van der Waals surface area contributed by atoms with Crippen LogP contribution in [0.15, 0.2) is 18.2 Å². The van der Waals surface area contributed by atoms with E-state index in [0.717, 1.165) is 5.56 Å². The lowest BCUT2D eigenvalue weighted by Crippen LogP contribution is -2.31. The van der Waals surface area contributed by atoms with Gasteiger partial charge in [0.25, 0.3) is 0 Å². The van der Waals surface area contributed by atoms with E-state index in [1.165, 1.54) is 0 Å². The summed E-state index contributed by atoms with van der Waals surface area (Å²) >= 11 is 11.8. The van der Waals surface area contributed by atoms with Crippen molar-refractivity contribution in [2.75, 3.05) is 6.54 Å². The second-order valence-electron chi connectivity index (χ2n) is 4.43. The van der Waals surface area contributed by atoms with Crippen LogP contribution in [0.5, 0.6) is 0 Å². The first kappa shape index (κ1) is 13.2. The smallest absolute Gasteiger partial charge is 0.304 e. The second kappa shape index (κ2) is 4.78. The molecule has 1 saturated heterocycles. The van der Waals surface area contributed by atoms with Gasteiger partial charge in [0.1, 0.15) is 0 Å². The zero-order chi connectivity index (χ0) is 13.3.